The Morgan fingerprint density at radius 3 is 2.68 bits per heavy atom. The van der Waals surface area contributed by atoms with E-state index in [4.69, 9.17) is 5.11 Å². The monoisotopic (exact) mass is 260 g/mol. The first-order chi connectivity index (χ1) is 8.99. The normalized spacial score (nSPS) is 12.1. The van der Waals surface area contributed by atoms with Gasteiger partial charge in [0, 0.05) is 17.0 Å². The van der Waals surface area contributed by atoms with E-state index in [1.807, 2.05) is 0 Å². The van der Waals surface area contributed by atoms with Crippen molar-refractivity contribution in [2.45, 2.75) is 13.0 Å². The van der Waals surface area contributed by atoms with Crippen molar-refractivity contribution in [3.63, 3.8) is 0 Å². The molecule has 1 aromatic heterocycles. The molecule has 0 bridgehead atoms. The molecule has 2 aromatic rings. The molecule has 0 spiro atoms. The second-order valence-electron chi connectivity index (χ2n) is 4.13. The summed E-state index contributed by atoms with van der Waals surface area (Å²) < 4.78 is 0. The zero-order valence-corrected chi connectivity index (χ0v) is 10.1. The van der Waals surface area contributed by atoms with E-state index in [-0.39, 0.29) is 11.1 Å². The molecule has 1 heterocycles. The summed E-state index contributed by atoms with van der Waals surface area (Å²) in [5.74, 6) is -1.77. The molecule has 0 aliphatic heterocycles. The van der Waals surface area contributed by atoms with Crippen molar-refractivity contribution >= 4 is 22.8 Å². The van der Waals surface area contributed by atoms with E-state index in [2.05, 4.69) is 10.3 Å². The molecule has 2 rings (SSSR count). The van der Waals surface area contributed by atoms with Gasteiger partial charge in [-0.05, 0) is 19.1 Å². The molecule has 19 heavy (non-hydrogen) atoms. The Morgan fingerprint density at radius 2 is 2.00 bits per heavy atom. The molecule has 0 aliphatic rings. The van der Waals surface area contributed by atoms with Crippen molar-refractivity contribution in [3.8, 4) is 0 Å². The maximum atomic E-state index is 11.8. The van der Waals surface area contributed by atoms with Crippen LogP contribution in [0.1, 0.15) is 17.4 Å². The number of hydrogen-bond donors (Lipinski definition) is 3. The van der Waals surface area contributed by atoms with Crippen molar-refractivity contribution in [3.05, 3.63) is 46.2 Å². The van der Waals surface area contributed by atoms with Crippen LogP contribution in [0, 0.1) is 0 Å². The minimum absolute atomic E-state index is 0.0387. The molecule has 6 heteroatoms. The van der Waals surface area contributed by atoms with E-state index in [0.717, 1.165) is 6.07 Å². The topological polar surface area (TPSA) is 99.3 Å². The summed E-state index contributed by atoms with van der Waals surface area (Å²) in [7, 11) is 0. The van der Waals surface area contributed by atoms with E-state index in [1.54, 1.807) is 24.3 Å². The van der Waals surface area contributed by atoms with Crippen molar-refractivity contribution in [2.75, 3.05) is 0 Å². The van der Waals surface area contributed by atoms with Gasteiger partial charge in [0.15, 0.2) is 5.43 Å². The molecular weight excluding hydrogens is 248 g/mol. The van der Waals surface area contributed by atoms with E-state index < -0.39 is 17.9 Å². The molecule has 0 saturated heterocycles. The molecule has 3 N–H and O–H groups in total. The highest BCUT2D eigenvalue weighted by molar-refractivity contribution is 5.96. The molecule has 98 valence electrons. The van der Waals surface area contributed by atoms with Crippen molar-refractivity contribution in [2.24, 2.45) is 0 Å². The van der Waals surface area contributed by atoms with E-state index in [1.165, 1.54) is 6.92 Å². The van der Waals surface area contributed by atoms with Gasteiger partial charge in [0.1, 0.15) is 11.7 Å². The van der Waals surface area contributed by atoms with Gasteiger partial charge in [-0.2, -0.15) is 0 Å². The van der Waals surface area contributed by atoms with Gasteiger partial charge in [-0.15, -0.1) is 0 Å². The number of H-pyrrole nitrogens is 1. The number of carbonyl (C=O) groups is 2. The van der Waals surface area contributed by atoms with Crippen LogP contribution in [-0.4, -0.2) is 28.0 Å². The summed E-state index contributed by atoms with van der Waals surface area (Å²) in [5.41, 5.74) is 0.280. The third-order valence-corrected chi connectivity index (χ3v) is 2.70. The molecule has 1 atom stereocenters. The minimum atomic E-state index is -1.14. The Labute approximate surface area is 108 Å². The van der Waals surface area contributed by atoms with E-state index in [9.17, 15) is 14.4 Å². The highest BCUT2D eigenvalue weighted by atomic mass is 16.4. The number of rotatable bonds is 3. The third-order valence-electron chi connectivity index (χ3n) is 2.70. The molecule has 6 nitrogen and oxygen atoms in total. The summed E-state index contributed by atoms with van der Waals surface area (Å²) in [6, 6.07) is 6.92. The second kappa shape index (κ2) is 4.93. The number of amides is 1. The Hall–Kier alpha value is -2.63. The van der Waals surface area contributed by atoms with E-state index >= 15 is 0 Å². The predicted molar refractivity (Wildman–Crippen MR) is 69.1 cm³/mol. The van der Waals surface area contributed by atoms with Crippen LogP contribution >= 0.6 is 0 Å². The first kappa shape index (κ1) is 12.8. The Bertz CT molecular complexity index is 705. The fourth-order valence-electron chi connectivity index (χ4n) is 1.66. The lowest BCUT2D eigenvalue weighted by Crippen LogP contribution is -2.39. The summed E-state index contributed by atoms with van der Waals surface area (Å²) in [5, 5.41) is 11.5. The standard InChI is InChI=1S/C13H12N2O4/c1-7(13(18)19)14-12(17)10-6-11(16)8-4-2-3-5-9(8)15-10/h2-7H,1H3,(H,14,17)(H,15,16)(H,18,19)/t7-/m1/s1. The SMILES string of the molecule is C[C@@H](NC(=O)c1cc(=O)c2ccccc2[nH]1)C(=O)O. The second-order valence-corrected chi connectivity index (χ2v) is 4.13. The van der Waals surface area contributed by atoms with E-state index in [0.29, 0.717) is 10.9 Å². The Morgan fingerprint density at radius 1 is 1.32 bits per heavy atom. The highest BCUT2D eigenvalue weighted by Crippen LogP contribution is 2.07. The quantitative estimate of drug-likeness (QED) is 0.757. The lowest BCUT2D eigenvalue weighted by molar-refractivity contribution is -0.138. The van der Waals surface area contributed by atoms with Gasteiger partial charge in [-0.1, -0.05) is 12.1 Å². The average molecular weight is 260 g/mol. The van der Waals surface area contributed by atoms with Crippen LogP contribution in [0.25, 0.3) is 10.9 Å². The minimum Gasteiger partial charge on any atom is -0.480 e. The molecule has 0 radical (unpaired) electrons. The molecular formula is C13H12N2O4. The van der Waals surface area contributed by atoms with Crippen LogP contribution in [0.5, 0.6) is 0 Å². The van der Waals surface area contributed by atoms with Gasteiger partial charge >= 0.3 is 5.97 Å². The van der Waals surface area contributed by atoms with Crippen LogP contribution in [0.3, 0.4) is 0 Å². The van der Waals surface area contributed by atoms with Gasteiger partial charge in [0.05, 0.1) is 0 Å². The summed E-state index contributed by atoms with van der Waals surface area (Å²) in [4.78, 5) is 37.1. The lowest BCUT2D eigenvalue weighted by Gasteiger charge is -2.09. The lowest BCUT2D eigenvalue weighted by atomic mass is 10.2. The first-order valence-corrected chi connectivity index (χ1v) is 5.65. The molecule has 0 aliphatic carbocycles. The maximum absolute atomic E-state index is 11.8. The van der Waals surface area contributed by atoms with Crippen LogP contribution in [0.15, 0.2) is 35.1 Å². The largest absolute Gasteiger partial charge is 0.480 e. The predicted octanol–water partition coefficient (Wildman–Crippen LogP) is 0.731. The van der Waals surface area contributed by atoms with Gasteiger partial charge < -0.3 is 15.4 Å². The zero-order valence-electron chi connectivity index (χ0n) is 10.1. The summed E-state index contributed by atoms with van der Waals surface area (Å²) >= 11 is 0. The zero-order chi connectivity index (χ0) is 14.0. The number of carbonyl (C=O) groups excluding carboxylic acids is 1. The molecule has 0 unspecified atom stereocenters. The van der Waals surface area contributed by atoms with Gasteiger partial charge in [0.25, 0.3) is 5.91 Å². The molecule has 1 amide bonds. The van der Waals surface area contributed by atoms with Crippen LogP contribution < -0.4 is 10.7 Å². The molecule has 0 saturated carbocycles. The number of para-hydroxylation sites is 1. The Balaban J connectivity index is 2.38. The number of nitrogens with one attached hydrogen (secondary N) is 2. The first-order valence-electron chi connectivity index (χ1n) is 5.65. The smallest absolute Gasteiger partial charge is 0.325 e. The number of aromatic amines is 1. The summed E-state index contributed by atoms with van der Waals surface area (Å²) in [6.45, 7) is 1.35. The van der Waals surface area contributed by atoms with Crippen LogP contribution in [-0.2, 0) is 4.79 Å². The average Bonchev–Trinajstić information content (AvgIpc) is 2.38. The third kappa shape index (κ3) is 2.62. The fourth-order valence-corrected chi connectivity index (χ4v) is 1.66. The highest BCUT2D eigenvalue weighted by Gasteiger charge is 2.16. The number of aliphatic carboxylic acids is 1. The van der Waals surface area contributed by atoms with Gasteiger partial charge in [-0.25, -0.2) is 0 Å². The number of carboxylic acids is 1. The summed E-state index contributed by atoms with van der Waals surface area (Å²) in [6.07, 6.45) is 0. The van der Waals surface area contributed by atoms with Crippen LogP contribution in [0.4, 0.5) is 0 Å². The number of aromatic nitrogens is 1. The number of benzene rings is 1. The van der Waals surface area contributed by atoms with Gasteiger partial charge in [-0.3, -0.25) is 14.4 Å². The number of hydrogen-bond acceptors (Lipinski definition) is 3. The maximum Gasteiger partial charge on any atom is 0.325 e. The number of carboxylic acid groups (broad SMARTS) is 1. The van der Waals surface area contributed by atoms with Crippen molar-refractivity contribution < 1.29 is 14.7 Å². The van der Waals surface area contributed by atoms with Crippen molar-refractivity contribution in [1.82, 2.24) is 10.3 Å². The molecule has 0 fully saturated rings. The van der Waals surface area contributed by atoms with Crippen LogP contribution in [0.2, 0.25) is 0 Å². The fraction of sp³-hybridized carbons (Fsp3) is 0.154. The van der Waals surface area contributed by atoms with Gasteiger partial charge in [0.2, 0.25) is 0 Å². The molecule has 1 aromatic carbocycles. The number of pyridine rings is 1. The van der Waals surface area contributed by atoms with Crippen molar-refractivity contribution in [1.29, 1.82) is 0 Å². The Kier molecular flexibility index (Phi) is 3.33. The number of fused-ring (bicyclic) bond motifs is 1.